The van der Waals surface area contributed by atoms with E-state index < -0.39 is 27.8 Å². The molecule has 3 rings (SSSR count). The van der Waals surface area contributed by atoms with Gasteiger partial charge in [0, 0.05) is 13.1 Å². The fourth-order valence-corrected chi connectivity index (χ4v) is 4.02. The summed E-state index contributed by atoms with van der Waals surface area (Å²) >= 11 is 0. The highest BCUT2D eigenvalue weighted by Crippen LogP contribution is 2.28. The number of carbonyl (C=O) groups excluding carboxylic acids is 1. The van der Waals surface area contributed by atoms with Crippen molar-refractivity contribution in [1.82, 2.24) is 9.71 Å². The number of nitrogens with one attached hydrogen (secondary N) is 1. The molecule has 0 aliphatic carbocycles. The van der Waals surface area contributed by atoms with Gasteiger partial charge in [0.05, 0.1) is 34.7 Å². The number of aromatic carboxylic acids is 1. The molecule has 1 aliphatic heterocycles. The third-order valence-electron chi connectivity index (χ3n) is 4.70. The molecule has 156 valence electrons. The molecule has 0 saturated carbocycles. The number of sulfonamides is 1. The summed E-state index contributed by atoms with van der Waals surface area (Å²) in [4.78, 5) is 29.3. The van der Waals surface area contributed by atoms with Gasteiger partial charge in [0.25, 0.3) is 10.0 Å². The first kappa shape index (κ1) is 21.1. The number of anilines is 1. The lowest BCUT2D eigenvalue weighted by molar-refractivity contribution is -0.123. The third kappa shape index (κ3) is 4.04. The lowest BCUT2D eigenvalue weighted by Crippen LogP contribution is -2.55. The fourth-order valence-electron chi connectivity index (χ4n) is 2.98. The lowest BCUT2D eigenvalue weighted by atomic mass is 9.98. The monoisotopic (exact) mass is 430 g/mol. The molecule has 1 aromatic heterocycles. The smallest absolute Gasteiger partial charge is 0.337 e. The average molecular weight is 430 g/mol. The lowest BCUT2D eigenvalue weighted by Gasteiger charge is -2.39. The van der Waals surface area contributed by atoms with E-state index in [1.54, 1.807) is 4.90 Å². The van der Waals surface area contributed by atoms with E-state index in [1.807, 2.05) is 6.07 Å². The molecule has 0 radical (unpaired) electrons. The maximum absolute atomic E-state index is 12.4. The van der Waals surface area contributed by atoms with Crippen molar-refractivity contribution in [3.8, 4) is 11.8 Å². The minimum atomic E-state index is -4.03. The predicted molar refractivity (Wildman–Crippen MR) is 105 cm³/mol. The minimum absolute atomic E-state index is 0.0684. The van der Waals surface area contributed by atoms with E-state index in [0.717, 1.165) is 0 Å². The van der Waals surface area contributed by atoms with Crippen LogP contribution < -0.4 is 14.4 Å². The summed E-state index contributed by atoms with van der Waals surface area (Å²) in [6, 6.07) is 8.75. The Morgan fingerprint density at radius 2 is 1.93 bits per heavy atom. The van der Waals surface area contributed by atoms with Crippen LogP contribution in [0.2, 0.25) is 0 Å². The first-order valence-corrected chi connectivity index (χ1v) is 10.2. The van der Waals surface area contributed by atoms with E-state index >= 15 is 0 Å². The van der Waals surface area contributed by atoms with Gasteiger partial charge in [0.15, 0.2) is 0 Å². The van der Waals surface area contributed by atoms with Crippen LogP contribution in [0, 0.1) is 24.2 Å². The molecule has 1 saturated heterocycles. The molecule has 1 aliphatic rings. The number of carbonyl (C=O) groups is 2. The number of aromatic nitrogens is 1. The quantitative estimate of drug-likeness (QED) is 0.681. The molecule has 0 atom stereocenters. The van der Waals surface area contributed by atoms with Gasteiger partial charge in [0.1, 0.15) is 17.6 Å². The summed E-state index contributed by atoms with van der Waals surface area (Å²) in [7, 11) is -2.57. The number of pyridine rings is 1. The number of nitrogens with zero attached hydrogens (tertiary/aromatic N) is 3. The molecule has 1 fully saturated rings. The fraction of sp³-hybridized carbons (Fsp3) is 0.263. The van der Waals surface area contributed by atoms with Crippen molar-refractivity contribution in [3.05, 3.63) is 47.2 Å². The van der Waals surface area contributed by atoms with Gasteiger partial charge in [0.2, 0.25) is 5.91 Å². The zero-order chi connectivity index (χ0) is 22.1. The number of hydrogen-bond donors (Lipinski definition) is 2. The van der Waals surface area contributed by atoms with E-state index in [4.69, 9.17) is 9.84 Å². The molecule has 0 spiro atoms. The number of hydrogen-bond acceptors (Lipinski definition) is 8. The first-order valence-electron chi connectivity index (χ1n) is 8.77. The van der Waals surface area contributed by atoms with Gasteiger partial charge in [-0.05, 0) is 37.3 Å². The maximum Gasteiger partial charge on any atom is 0.337 e. The molecule has 0 unspecified atom stereocenters. The van der Waals surface area contributed by atoms with Crippen LogP contribution in [-0.4, -0.2) is 50.6 Å². The molecule has 2 heterocycles. The number of carboxylic acid groups (broad SMARTS) is 1. The summed E-state index contributed by atoms with van der Waals surface area (Å²) in [6.45, 7) is 1.81. The molecule has 0 bridgehead atoms. The zero-order valence-electron chi connectivity index (χ0n) is 16.1. The van der Waals surface area contributed by atoms with E-state index in [-0.39, 0.29) is 40.6 Å². The number of carboxylic acids is 1. The molecule has 2 N–H and O–H groups in total. The van der Waals surface area contributed by atoms with E-state index in [1.165, 1.54) is 44.4 Å². The highest BCUT2D eigenvalue weighted by atomic mass is 32.2. The molecule has 11 heteroatoms. The Labute approximate surface area is 172 Å². The van der Waals surface area contributed by atoms with Crippen LogP contribution in [0.1, 0.15) is 21.6 Å². The highest BCUT2D eigenvalue weighted by Gasteiger charge is 2.37. The van der Waals surface area contributed by atoms with Crippen molar-refractivity contribution in [2.24, 2.45) is 5.92 Å². The van der Waals surface area contributed by atoms with Crippen LogP contribution in [0.3, 0.4) is 0 Å². The second-order valence-corrected chi connectivity index (χ2v) is 8.34. The molecular formula is C19H18N4O6S. The number of amides is 1. The summed E-state index contributed by atoms with van der Waals surface area (Å²) in [5.74, 6) is -1.72. The van der Waals surface area contributed by atoms with Gasteiger partial charge in [-0.25, -0.2) is 22.9 Å². The topological polar surface area (TPSA) is 150 Å². The van der Waals surface area contributed by atoms with E-state index in [2.05, 4.69) is 9.71 Å². The number of aryl methyl sites for hydroxylation is 1. The summed E-state index contributed by atoms with van der Waals surface area (Å²) in [5, 5.41) is 18.5. The van der Waals surface area contributed by atoms with Gasteiger partial charge in [-0.15, -0.1) is 0 Å². The standard InChI is InChI=1S/C19H18N4O6S/c1-11-16(19(25)26)7-12(8-20)17(21-11)23-9-13(10-23)18(24)22-30(27,28)15-5-3-14(29-2)4-6-15/h3-7,13H,9-10H2,1-2H3,(H,22,24)(H,25,26). The van der Waals surface area contributed by atoms with Crippen LogP contribution in [0.4, 0.5) is 5.82 Å². The Hall–Kier alpha value is -3.65. The van der Waals surface area contributed by atoms with Gasteiger partial charge in [-0.3, -0.25) is 4.79 Å². The van der Waals surface area contributed by atoms with Gasteiger partial charge < -0.3 is 14.7 Å². The maximum atomic E-state index is 12.4. The number of nitriles is 1. The number of ether oxygens (including phenoxy) is 1. The van der Waals surface area contributed by atoms with Gasteiger partial charge in [-0.2, -0.15) is 5.26 Å². The number of benzene rings is 1. The molecular weight excluding hydrogens is 412 g/mol. The molecule has 1 amide bonds. The Balaban J connectivity index is 1.69. The molecule has 1 aromatic carbocycles. The SMILES string of the molecule is COc1ccc(S(=O)(=O)NC(=O)C2CN(c3nc(C)c(C(=O)O)cc3C#N)C2)cc1. The van der Waals surface area contributed by atoms with Crippen LogP contribution >= 0.6 is 0 Å². The normalized spacial score (nSPS) is 13.8. The van der Waals surface area contributed by atoms with Crippen LogP contribution in [0.25, 0.3) is 0 Å². The Bertz CT molecular complexity index is 1150. The second kappa shape index (κ2) is 8.00. The largest absolute Gasteiger partial charge is 0.497 e. The first-order chi connectivity index (χ1) is 14.2. The molecule has 2 aromatic rings. The van der Waals surface area contributed by atoms with Crippen molar-refractivity contribution in [3.63, 3.8) is 0 Å². The minimum Gasteiger partial charge on any atom is -0.497 e. The highest BCUT2D eigenvalue weighted by molar-refractivity contribution is 7.90. The molecule has 10 nitrogen and oxygen atoms in total. The van der Waals surface area contributed by atoms with Crippen LogP contribution in [0.5, 0.6) is 5.75 Å². The number of methoxy groups -OCH3 is 1. The third-order valence-corrected chi connectivity index (χ3v) is 6.06. The second-order valence-electron chi connectivity index (χ2n) is 6.66. The zero-order valence-corrected chi connectivity index (χ0v) is 16.9. The van der Waals surface area contributed by atoms with Crippen molar-refractivity contribution >= 4 is 27.7 Å². The summed E-state index contributed by atoms with van der Waals surface area (Å²) < 4.78 is 31.8. The predicted octanol–water partition coefficient (Wildman–Crippen LogP) is 0.910. The van der Waals surface area contributed by atoms with Gasteiger partial charge in [-0.1, -0.05) is 0 Å². The van der Waals surface area contributed by atoms with Crippen molar-refractivity contribution in [2.45, 2.75) is 11.8 Å². The van der Waals surface area contributed by atoms with E-state index in [9.17, 15) is 23.3 Å². The van der Waals surface area contributed by atoms with E-state index in [0.29, 0.717) is 5.75 Å². The average Bonchev–Trinajstić information content (AvgIpc) is 2.66. The van der Waals surface area contributed by atoms with Crippen molar-refractivity contribution in [1.29, 1.82) is 5.26 Å². The Morgan fingerprint density at radius 3 is 2.47 bits per heavy atom. The van der Waals surface area contributed by atoms with Gasteiger partial charge >= 0.3 is 5.97 Å². The molecule has 30 heavy (non-hydrogen) atoms. The summed E-state index contributed by atoms with van der Waals surface area (Å²) in [6.07, 6.45) is 0. The van der Waals surface area contributed by atoms with Crippen molar-refractivity contribution in [2.75, 3.05) is 25.1 Å². The summed E-state index contributed by atoms with van der Waals surface area (Å²) in [5.41, 5.74) is 0.241. The van der Waals surface area contributed by atoms with Crippen LogP contribution in [0.15, 0.2) is 35.2 Å². The number of rotatable bonds is 6. The Morgan fingerprint density at radius 1 is 1.30 bits per heavy atom. The van der Waals surface area contributed by atoms with Crippen molar-refractivity contribution < 1.29 is 27.9 Å². The van der Waals surface area contributed by atoms with Crippen LogP contribution in [-0.2, 0) is 14.8 Å². The Kier molecular flexibility index (Phi) is 5.62.